The summed E-state index contributed by atoms with van der Waals surface area (Å²) in [6.07, 6.45) is 8.66. The molecule has 0 aliphatic heterocycles. The summed E-state index contributed by atoms with van der Waals surface area (Å²) in [5, 5.41) is 4.64. The number of rotatable bonds is 4. The third-order valence-electron chi connectivity index (χ3n) is 4.46. The SMILES string of the molecule is I.NC(=NCCc1cc2ccccc2[nH]1)NC1CCCCCC1. The number of halogens is 1. The molecule has 5 heteroatoms. The Morgan fingerprint density at radius 3 is 2.65 bits per heavy atom. The monoisotopic (exact) mass is 426 g/mol. The molecule has 4 N–H and O–H groups in total. The van der Waals surface area contributed by atoms with Crippen molar-refractivity contribution in [3.8, 4) is 0 Å². The van der Waals surface area contributed by atoms with Gasteiger partial charge in [0.1, 0.15) is 0 Å². The number of guanidine groups is 1. The second kappa shape index (κ2) is 9.15. The second-order valence-corrected chi connectivity index (χ2v) is 6.23. The predicted molar refractivity (Wildman–Crippen MR) is 109 cm³/mol. The molecule has 1 aliphatic rings. The van der Waals surface area contributed by atoms with Crippen LogP contribution in [0.15, 0.2) is 35.3 Å². The largest absolute Gasteiger partial charge is 0.370 e. The zero-order chi connectivity index (χ0) is 15.2. The number of aromatic amines is 1. The number of nitrogens with one attached hydrogen (secondary N) is 2. The topological polar surface area (TPSA) is 66.2 Å². The first-order chi connectivity index (χ1) is 10.8. The van der Waals surface area contributed by atoms with Crippen LogP contribution >= 0.6 is 24.0 Å². The first kappa shape index (κ1) is 18.1. The molecule has 1 saturated carbocycles. The molecule has 0 amide bonds. The number of H-pyrrole nitrogens is 1. The van der Waals surface area contributed by atoms with Gasteiger partial charge in [0.05, 0.1) is 0 Å². The number of aromatic nitrogens is 1. The van der Waals surface area contributed by atoms with Crippen molar-refractivity contribution < 1.29 is 0 Å². The molecule has 0 saturated heterocycles. The maximum absolute atomic E-state index is 6.02. The van der Waals surface area contributed by atoms with E-state index in [9.17, 15) is 0 Å². The summed E-state index contributed by atoms with van der Waals surface area (Å²) in [5.74, 6) is 0.600. The van der Waals surface area contributed by atoms with Crippen LogP contribution < -0.4 is 11.1 Å². The fraction of sp³-hybridized carbons (Fsp3) is 0.500. The lowest BCUT2D eigenvalue weighted by molar-refractivity contribution is 0.530. The van der Waals surface area contributed by atoms with E-state index in [1.54, 1.807) is 0 Å². The summed E-state index contributed by atoms with van der Waals surface area (Å²) in [7, 11) is 0. The van der Waals surface area contributed by atoms with Gasteiger partial charge in [-0.15, -0.1) is 24.0 Å². The van der Waals surface area contributed by atoms with Crippen molar-refractivity contribution in [1.82, 2.24) is 10.3 Å². The lowest BCUT2D eigenvalue weighted by atomic mass is 10.1. The van der Waals surface area contributed by atoms with E-state index < -0.39 is 0 Å². The predicted octanol–water partition coefficient (Wildman–Crippen LogP) is 3.96. The maximum Gasteiger partial charge on any atom is 0.188 e. The van der Waals surface area contributed by atoms with Gasteiger partial charge in [-0.2, -0.15) is 0 Å². The van der Waals surface area contributed by atoms with E-state index in [2.05, 4.69) is 45.6 Å². The number of hydrogen-bond acceptors (Lipinski definition) is 1. The summed E-state index contributed by atoms with van der Waals surface area (Å²) >= 11 is 0. The number of hydrogen-bond donors (Lipinski definition) is 3. The molecule has 0 radical (unpaired) electrons. The van der Waals surface area contributed by atoms with Gasteiger partial charge in [0.15, 0.2) is 5.96 Å². The van der Waals surface area contributed by atoms with Crippen LogP contribution in [-0.4, -0.2) is 23.5 Å². The van der Waals surface area contributed by atoms with E-state index in [1.807, 2.05) is 0 Å². The number of para-hydroxylation sites is 1. The quantitative estimate of drug-likeness (QED) is 0.300. The minimum Gasteiger partial charge on any atom is -0.370 e. The van der Waals surface area contributed by atoms with Gasteiger partial charge in [0.25, 0.3) is 0 Å². The molecule has 0 bridgehead atoms. The van der Waals surface area contributed by atoms with Gasteiger partial charge < -0.3 is 16.0 Å². The molecular weight excluding hydrogens is 399 g/mol. The van der Waals surface area contributed by atoms with E-state index in [0.717, 1.165) is 13.0 Å². The Bertz CT molecular complexity index is 594. The van der Waals surface area contributed by atoms with Gasteiger partial charge >= 0.3 is 0 Å². The molecule has 1 aromatic heterocycles. The number of nitrogens with zero attached hydrogens (tertiary/aromatic N) is 1. The highest BCUT2D eigenvalue weighted by Crippen LogP contribution is 2.17. The Labute approximate surface area is 155 Å². The lowest BCUT2D eigenvalue weighted by Crippen LogP contribution is -2.40. The van der Waals surface area contributed by atoms with Crippen molar-refractivity contribution in [1.29, 1.82) is 0 Å². The molecule has 0 atom stereocenters. The summed E-state index contributed by atoms with van der Waals surface area (Å²) in [6, 6.07) is 11.0. The summed E-state index contributed by atoms with van der Waals surface area (Å²) in [4.78, 5) is 7.91. The van der Waals surface area contributed by atoms with Crippen LogP contribution in [0.3, 0.4) is 0 Å². The molecule has 1 heterocycles. The van der Waals surface area contributed by atoms with Crippen LogP contribution in [0, 0.1) is 0 Å². The van der Waals surface area contributed by atoms with Crippen LogP contribution in [0.1, 0.15) is 44.2 Å². The van der Waals surface area contributed by atoms with Crippen LogP contribution in [0.5, 0.6) is 0 Å². The van der Waals surface area contributed by atoms with Crippen LogP contribution in [-0.2, 0) is 6.42 Å². The Morgan fingerprint density at radius 1 is 1.17 bits per heavy atom. The zero-order valence-corrected chi connectivity index (χ0v) is 15.9. The molecule has 3 rings (SSSR count). The average Bonchev–Trinajstić information content (AvgIpc) is 2.75. The molecular formula is C18H27IN4. The van der Waals surface area contributed by atoms with E-state index in [-0.39, 0.29) is 24.0 Å². The molecule has 126 valence electrons. The Kier molecular flexibility index (Phi) is 7.20. The van der Waals surface area contributed by atoms with Crippen molar-refractivity contribution in [3.05, 3.63) is 36.0 Å². The lowest BCUT2D eigenvalue weighted by Gasteiger charge is -2.16. The summed E-state index contributed by atoms with van der Waals surface area (Å²) in [5.41, 5.74) is 8.42. The van der Waals surface area contributed by atoms with Gasteiger partial charge in [-0.25, -0.2) is 0 Å². The first-order valence-corrected chi connectivity index (χ1v) is 8.44. The third kappa shape index (κ3) is 5.41. The van der Waals surface area contributed by atoms with Crippen LogP contribution in [0.4, 0.5) is 0 Å². The van der Waals surface area contributed by atoms with Crippen molar-refractivity contribution in [2.45, 2.75) is 51.0 Å². The highest BCUT2D eigenvalue weighted by molar-refractivity contribution is 14.0. The van der Waals surface area contributed by atoms with Crippen LogP contribution in [0.2, 0.25) is 0 Å². The Morgan fingerprint density at radius 2 is 1.91 bits per heavy atom. The molecule has 1 fully saturated rings. The molecule has 1 aromatic carbocycles. The van der Waals surface area contributed by atoms with E-state index in [0.29, 0.717) is 12.0 Å². The van der Waals surface area contributed by atoms with E-state index in [4.69, 9.17) is 5.73 Å². The molecule has 2 aromatic rings. The van der Waals surface area contributed by atoms with E-state index >= 15 is 0 Å². The standard InChI is InChI=1S/C18H26N4.HI/c19-18(22-15-8-3-1-2-4-9-15)20-12-11-16-13-14-7-5-6-10-17(14)21-16;/h5-7,10,13,15,21H,1-4,8-9,11-12H2,(H3,19,20,22);1H. The van der Waals surface area contributed by atoms with Crippen LogP contribution in [0.25, 0.3) is 10.9 Å². The minimum atomic E-state index is 0. The average molecular weight is 426 g/mol. The number of fused-ring (bicyclic) bond motifs is 1. The fourth-order valence-electron chi connectivity index (χ4n) is 3.24. The Balaban J connectivity index is 0.00000192. The highest BCUT2D eigenvalue weighted by Gasteiger charge is 2.12. The second-order valence-electron chi connectivity index (χ2n) is 6.23. The van der Waals surface area contributed by atoms with Crippen molar-refractivity contribution in [2.24, 2.45) is 10.7 Å². The molecule has 0 unspecified atom stereocenters. The van der Waals surface area contributed by atoms with Crippen molar-refractivity contribution >= 4 is 40.8 Å². The summed E-state index contributed by atoms with van der Waals surface area (Å²) in [6.45, 7) is 0.721. The van der Waals surface area contributed by atoms with Crippen molar-refractivity contribution in [3.63, 3.8) is 0 Å². The van der Waals surface area contributed by atoms with E-state index in [1.165, 1.54) is 55.1 Å². The van der Waals surface area contributed by atoms with Crippen molar-refractivity contribution in [2.75, 3.05) is 6.54 Å². The molecule has 4 nitrogen and oxygen atoms in total. The number of aliphatic imine (C=N–C) groups is 1. The number of nitrogens with two attached hydrogens (primary N) is 1. The Hall–Kier alpha value is -1.24. The minimum absolute atomic E-state index is 0. The van der Waals surface area contributed by atoms with Gasteiger partial charge in [0.2, 0.25) is 0 Å². The van der Waals surface area contributed by atoms with Gasteiger partial charge in [-0.3, -0.25) is 4.99 Å². The van der Waals surface area contributed by atoms with Gasteiger partial charge in [0, 0.05) is 30.2 Å². The fourth-order valence-corrected chi connectivity index (χ4v) is 3.24. The first-order valence-electron chi connectivity index (χ1n) is 8.44. The molecule has 1 aliphatic carbocycles. The van der Waals surface area contributed by atoms with Gasteiger partial charge in [-0.1, -0.05) is 43.9 Å². The molecule has 23 heavy (non-hydrogen) atoms. The zero-order valence-electron chi connectivity index (χ0n) is 13.6. The third-order valence-corrected chi connectivity index (χ3v) is 4.46. The summed E-state index contributed by atoms with van der Waals surface area (Å²) < 4.78 is 0. The van der Waals surface area contributed by atoms with Gasteiger partial charge in [-0.05, 0) is 30.4 Å². The highest BCUT2D eigenvalue weighted by atomic mass is 127. The maximum atomic E-state index is 6.02. The smallest absolute Gasteiger partial charge is 0.188 e. The molecule has 0 spiro atoms. The normalized spacial score (nSPS) is 16.8. The number of benzene rings is 1.